The SMILES string of the molecule is O=S(=O)(F)CC1CCC2(CCCC2)CN1. The largest absolute Gasteiger partial charge is 0.312 e. The van der Waals surface area contributed by atoms with Crippen LogP contribution in [0.1, 0.15) is 38.5 Å². The molecule has 2 rings (SSSR count). The summed E-state index contributed by atoms with van der Waals surface area (Å²) in [5, 5.41) is 3.19. The Kier molecular flexibility index (Phi) is 3.03. The monoisotopic (exact) mass is 235 g/mol. The van der Waals surface area contributed by atoms with Crippen molar-refractivity contribution in [3.8, 4) is 0 Å². The fraction of sp³-hybridized carbons (Fsp3) is 1.00. The minimum absolute atomic E-state index is 0.175. The maximum atomic E-state index is 12.5. The van der Waals surface area contributed by atoms with E-state index in [4.69, 9.17) is 0 Å². The number of nitrogens with one attached hydrogen (secondary N) is 1. The lowest BCUT2D eigenvalue weighted by Gasteiger charge is -2.37. The average Bonchev–Trinajstić information content (AvgIpc) is 2.56. The van der Waals surface area contributed by atoms with Gasteiger partial charge in [0.1, 0.15) is 0 Å². The topological polar surface area (TPSA) is 46.2 Å². The molecule has 0 bridgehead atoms. The van der Waals surface area contributed by atoms with Gasteiger partial charge < -0.3 is 5.32 Å². The molecular formula is C10H18FNO2S. The lowest BCUT2D eigenvalue weighted by Crippen LogP contribution is -2.47. The molecule has 5 heteroatoms. The van der Waals surface area contributed by atoms with Crippen LogP contribution in [0, 0.1) is 5.41 Å². The normalized spacial score (nSPS) is 30.9. The second kappa shape index (κ2) is 4.01. The number of rotatable bonds is 2. The van der Waals surface area contributed by atoms with Gasteiger partial charge in [0.2, 0.25) is 0 Å². The van der Waals surface area contributed by atoms with Crippen molar-refractivity contribution in [2.75, 3.05) is 12.3 Å². The smallest absolute Gasteiger partial charge is 0.303 e. The van der Waals surface area contributed by atoms with E-state index in [1.807, 2.05) is 0 Å². The van der Waals surface area contributed by atoms with Crippen LogP contribution in [0.4, 0.5) is 3.89 Å². The molecule has 15 heavy (non-hydrogen) atoms. The third kappa shape index (κ3) is 2.91. The first-order valence-electron chi connectivity index (χ1n) is 5.65. The molecule has 1 saturated carbocycles. The van der Waals surface area contributed by atoms with Crippen LogP contribution in [0.2, 0.25) is 0 Å². The maximum absolute atomic E-state index is 12.5. The predicted molar refractivity (Wildman–Crippen MR) is 56.8 cm³/mol. The van der Waals surface area contributed by atoms with E-state index in [0.717, 1.165) is 19.4 Å². The van der Waals surface area contributed by atoms with E-state index >= 15 is 0 Å². The van der Waals surface area contributed by atoms with Gasteiger partial charge in [0.25, 0.3) is 0 Å². The van der Waals surface area contributed by atoms with Crippen molar-refractivity contribution in [2.24, 2.45) is 5.41 Å². The Hall–Kier alpha value is -0.160. The molecule has 0 radical (unpaired) electrons. The summed E-state index contributed by atoms with van der Waals surface area (Å²) in [6.45, 7) is 0.868. The Balaban J connectivity index is 1.87. The van der Waals surface area contributed by atoms with E-state index in [0.29, 0.717) is 5.41 Å². The molecule has 2 aliphatic rings. The summed E-state index contributed by atoms with van der Waals surface area (Å²) in [6, 6.07) is -0.175. The summed E-state index contributed by atoms with van der Waals surface area (Å²) in [6.07, 6.45) is 6.91. The van der Waals surface area contributed by atoms with E-state index in [9.17, 15) is 12.3 Å². The highest BCUT2D eigenvalue weighted by molar-refractivity contribution is 7.86. The van der Waals surface area contributed by atoms with Crippen molar-refractivity contribution in [1.29, 1.82) is 0 Å². The summed E-state index contributed by atoms with van der Waals surface area (Å²) in [7, 11) is -4.32. The van der Waals surface area contributed by atoms with Crippen molar-refractivity contribution in [3.05, 3.63) is 0 Å². The van der Waals surface area contributed by atoms with Crippen LogP contribution in [-0.2, 0) is 10.2 Å². The molecule has 1 saturated heterocycles. The van der Waals surface area contributed by atoms with Gasteiger partial charge in [0.15, 0.2) is 0 Å². The third-order valence-electron chi connectivity index (χ3n) is 3.85. The van der Waals surface area contributed by atoms with Gasteiger partial charge in [-0.15, -0.1) is 3.89 Å². The highest BCUT2D eigenvalue weighted by Crippen LogP contribution is 2.43. The first-order chi connectivity index (χ1) is 6.99. The molecule has 1 N–H and O–H groups in total. The van der Waals surface area contributed by atoms with Gasteiger partial charge >= 0.3 is 10.2 Å². The quantitative estimate of drug-likeness (QED) is 0.739. The van der Waals surface area contributed by atoms with Crippen LogP contribution < -0.4 is 5.32 Å². The molecule has 0 aromatic rings. The molecule has 88 valence electrons. The molecule has 0 amide bonds. The summed E-state index contributed by atoms with van der Waals surface area (Å²) < 4.78 is 33.5. The highest BCUT2D eigenvalue weighted by atomic mass is 32.3. The van der Waals surface area contributed by atoms with E-state index in [1.165, 1.54) is 25.7 Å². The summed E-state index contributed by atoms with van der Waals surface area (Å²) >= 11 is 0. The number of hydrogen-bond acceptors (Lipinski definition) is 3. The van der Waals surface area contributed by atoms with E-state index in [1.54, 1.807) is 0 Å². The first kappa shape index (κ1) is 11.3. The lowest BCUT2D eigenvalue weighted by atomic mass is 9.78. The van der Waals surface area contributed by atoms with Crippen LogP contribution in [-0.4, -0.2) is 26.8 Å². The Morgan fingerprint density at radius 2 is 1.93 bits per heavy atom. The minimum atomic E-state index is -4.32. The Morgan fingerprint density at radius 3 is 2.40 bits per heavy atom. The lowest BCUT2D eigenvalue weighted by molar-refractivity contribution is 0.190. The van der Waals surface area contributed by atoms with Gasteiger partial charge in [0, 0.05) is 12.6 Å². The van der Waals surface area contributed by atoms with Gasteiger partial charge in [-0.25, -0.2) is 0 Å². The van der Waals surface area contributed by atoms with Crippen molar-refractivity contribution >= 4 is 10.2 Å². The standard InChI is InChI=1S/C10H18FNO2S/c11-15(13,14)7-9-3-6-10(8-12-9)4-1-2-5-10/h9,12H,1-8H2. The number of piperidine rings is 1. The zero-order valence-electron chi connectivity index (χ0n) is 8.84. The molecule has 1 spiro atoms. The highest BCUT2D eigenvalue weighted by Gasteiger charge is 2.38. The minimum Gasteiger partial charge on any atom is -0.312 e. The number of halogens is 1. The van der Waals surface area contributed by atoms with Crippen LogP contribution in [0.25, 0.3) is 0 Å². The summed E-state index contributed by atoms with van der Waals surface area (Å²) in [4.78, 5) is 0. The van der Waals surface area contributed by atoms with E-state index in [2.05, 4.69) is 5.32 Å². The van der Waals surface area contributed by atoms with Crippen molar-refractivity contribution in [1.82, 2.24) is 5.32 Å². The van der Waals surface area contributed by atoms with Crippen molar-refractivity contribution in [2.45, 2.75) is 44.6 Å². The van der Waals surface area contributed by atoms with Gasteiger partial charge in [0.05, 0.1) is 5.75 Å². The van der Waals surface area contributed by atoms with E-state index < -0.39 is 10.2 Å². The molecule has 0 aromatic heterocycles. The van der Waals surface area contributed by atoms with Gasteiger partial charge in [-0.1, -0.05) is 12.8 Å². The molecule has 1 aliphatic carbocycles. The fourth-order valence-corrected chi connectivity index (χ4v) is 3.73. The third-order valence-corrected chi connectivity index (χ3v) is 4.65. The van der Waals surface area contributed by atoms with Crippen molar-refractivity contribution < 1.29 is 12.3 Å². The molecule has 1 aliphatic heterocycles. The molecule has 1 unspecified atom stereocenters. The summed E-state index contributed by atoms with van der Waals surface area (Å²) in [5.74, 6) is -0.358. The zero-order valence-corrected chi connectivity index (χ0v) is 9.65. The van der Waals surface area contributed by atoms with Crippen LogP contribution in [0.15, 0.2) is 0 Å². The Bertz CT molecular complexity index is 312. The van der Waals surface area contributed by atoms with Crippen LogP contribution in [0.3, 0.4) is 0 Å². The average molecular weight is 235 g/mol. The van der Waals surface area contributed by atoms with E-state index in [-0.39, 0.29) is 11.8 Å². The zero-order chi connectivity index (χ0) is 10.9. The predicted octanol–water partition coefficient (Wildman–Crippen LogP) is 1.60. The summed E-state index contributed by atoms with van der Waals surface area (Å²) in [5.41, 5.74) is 0.399. The molecule has 1 atom stereocenters. The molecule has 0 aromatic carbocycles. The number of hydrogen-bond donors (Lipinski definition) is 1. The van der Waals surface area contributed by atoms with Crippen LogP contribution in [0.5, 0.6) is 0 Å². The molecule has 1 heterocycles. The van der Waals surface area contributed by atoms with Crippen molar-refractivity contribution in [3.63, 3.8) is 0 Å². The fourth-order valence-electron chi connectivity index (χ4n) is 2.97. The van der Waals surface area contributed by atoms with Gasteiger partial charge in [-0.05, 0) is 31.1 Å². The molecule has 2 fully saturated rings. The van der Waals surface area contributed by atoms with Gasteiger partial charge in [-0.2, -0.15) is 8.42 Å². The second-order valence-corrected chi connectivity index (χ2v) is 6.44. The molecular weight excluding hydrogens is 217 g/mol. The van der Waals surface area contributed by atoms with Gasteiger partial charge in [-0.3, -0.25) is 0 Å². The van der Waals surface area contributed by atoms with Crippen LogP contribution >= 0.6 is 0 Å². The Labute approximate surface area is 90.6 Å². The molecule has 3 nitrogen and oxygen atoms in total. The second-order valence-electron chi connectivity index (χ2n) is 5.03. The Morgan fingerprint density at radius 1 is 1.27 bits per heavy atom. The maximum Gasteiger partial charge on any atom is 0.303 e. The first-order valence-corrected chi connectivity index (χ1v) is 7.20.